The second kappa shape index (κ2) is 9.70. The molecule has 0 fully saturated rings. The predicted octanol–water partition coefficient (Wildman–Crippen LogP) is 4.60. The van der Waals surface area contributed by atoms with Crippen molar-refractivity contribution >= 4 is 35.0 Å². The zero-order chi connectivity index (χ0) is 25.2. The summed E-state index contributed by atoms with van der Waals surface area (Å²) in [5.41, 5.74) is 18.8. The summed E-state index contributed by atoms with van der Waals surface area (Å²) in [5, 5.41) is 0. The van der Waals surface area contributed by atoms with Gasteiger partial charge in [0.15, 0.2) is 16.9 Å². The molecule has 0 amide bonds. The molecule has 7 nitrogen and oxygen atoms in total. The maximum atomic E-state index is 5.95. The highest BCUT2D eigenvalue weighted by molar-refractivity contribution is 6.11. The summed E-state index contributed by atoms with van der Waals surface area (Å²) in [4.78, 5) is 16.8. The molecule has 0 spiro atoms. The summed E-state index contributed by atoms with van der Waals surface area (Å²) in [5.74, 6) is 2.14. The van der Waals surface area contributed by atoms with Gasteiger partial charge in [0, 0.05) is 18.8 Å². The molecule has 0 radical (unpaired) electrons. The molecule has 0 atom stereocenters. The summed E-state index contributed by atoms with van der Waals surface area (Å²) in [6, 6.07) is 12.8. The third kappa shape index (κ3) is 4.94. The highest BCUT2D eigenvalue weighted by Gasteiger charge is 2.31. The molecular formula is C28H34N7+. The number of nitrogens with zero attached hydrogens (tertiary/aromatic N) is 4. The van der Waals surface area contributed by atoms with Crippen LogP contribution in [0.15, 0.2) is 69.3 Å². The van der Waals surface area contributed by atoms with Gasteiger partial charge in [-0.05, 0) is 88.1 Å². The number of H-pyrrole nitrogens is 1. The van der Waals surface area contributed by atoms with Crippen LogP contribution in [0.1, 0.15) is 50.3 Å². The number of allylic oxidation sites excluding steroid dienone is 3. The third-order valence-electron chi connectivity index (χ3n) is 6.04. The Hall–Kier alpha value is -4.00. The number of amidine groups is 1. The molecule has 1 aliphatic heterocycles. The van der Waals surface area contributed by atoms with Gasteiger partial charge in [-0.2, -0.15) is 0 Å². The van der Waals surface area contributed by atoms with Crippen molar-refractivity contribution in [2.45, 2.75) is 46.1 Å². The monoisotopic (exact) mass is 468 g/mol. The van der Waals surface area contributed by atoms with Crippen molar-refractivity contribution in [2.75, 3.05) is 7.05 Å². The van der Waals surface area contributed by atoms with Crippen molar-refractivity contribution in [1.82, 2.24) is 4.98 Å². The lowest BCUT2D eigenvalue weighted by Crippen LogP contribution is -2.51. The summed E-state index contributed by atoms with van der Waals surface area (Å²) < 4.78 is 2.33. The number of aliphatic imine (C=N–C) groups is 3. The Bertz CT molecular complexity index is 1410. The Morgan fingerprint density at radius 1 is 1.11 bits per heavy atom. The Kier molecular flexibility index (Phi) is 6.69. The van der Waals surface area contributed by atoms with Crippen molar-refractivity contribution in [3.05, 3.63) is 71.1 Å². The fraction of sp³-hybridized carbons (Fsp3) is 0.286. The van der Waals surface area contributed by atoms with E-state index in [1.807, 2.05) is 12.3 Å². The summed E-state index contributed by atoms with van der Waals surface area (Å²) in [6.07, 6.45) is 9.11. The van der Waals surface area contributed by atoms with Gasteiger partial charge in [-0.1, -0.05) is 17.7 Å². The first-order chi connectivity index (χ1) is 16.7. The zero-order valence-electron chi connectivity index (χ0n) is 21.1. The molecule has 0 aliphatic carbocycles. The Morgan fingerprint density at radius 2 is 1.89 bits per heavy atom. The molecule has 0 unspecified atom stereocenters. The number of aromatic nitrogens is 2. The van der Waals surface area contributed by atoms with E-state index in [0.717, 1.165) is 57.5 Å². The molecule has 4 rings (SSSR count). The quantitative estimate of drug-likeness (QED) is 0.297. The van der Waals surface area contributed by atoms with Crippen molar-refractivity contribution in [3.63, 3.8) is 0 Å². The third-order valence-corrected chi connectivity index (χ3v) is 6.04. The number of nitrogens with one attached hydrogen (secondary N) is 1. The van der Waals surface area contributed by atoms with Crippen molar-refractivity contribution < 1.29 is 4.57 Å². The summed E-state index contributed by atoms with van der Waals surface area (Å²) in [7, 11) is 1.73. The van der Waals surface area contributed by atoms with Crippen LogP contribution in [0.4, 0.5) is 0 Å². The molecule has 2 heterocycles. The van der Waals surface area contributed by atoms with E-state index in [2.05, 4.69) is 94.7 Å². The molecule has 180 valence electrons. The predicted molar refractivity (Wildman–Crippen MR) is 147 cm³/mol. The van der Waals surface area contributed by atoms with E-state index < -0.39 is 0 Å². The number of benzene rings is 2. The number of hydrogen-bond donors (Lipinski definition) is 3. The van der Waals surface area contributed by atoms with Gasteiger partial charge in [0.05, 0.1) is 11.9 Å². The molecule has 0 saturated heterocycles. The molecule has 0 saturated carbocycles. The smallest absolute Gasteiger partial charge is 0.288 e. The normalized spacial score (nSPS) is 17.7. The molecule has 0 bridgehead atoms. The van der Waals surface area contributed by atoms with E-state index in [9.17, 15) is 0 Å². The highest BCUT2D eigenvalue weighted by Crippen LogP contribution is 2.29. The number of imidazole rings is 1. The molecule has 3 aromatic rings. The molecule has 35 heavy (non-hydrogen) atoms. The van der Waals surface area contributed by atoms with E-state index in [1.165, 1.54) is 6.34 Å². The van der Waals surface area contributed by atoms with Gasteiger partial charge in [0.2, 0.25) is 0 Å². The number of fused-ring (bicyclic) bond motifs is 1. The standard InChI is InChI=1S/C28H33N7/c1-18-10-12-21(22(14-18)26(31-5)33-17-29)27-34-23-15-19(11-13-24(23)35(27)28(2,3)4)20-8-6-7-9-25(30)32-16-20/h8-17H,6-7,30H2,1-5H3,(H2,29,31,33)/p+1/b20-8+,25-9?,32-16-. The molecule has 7 heteroatoms. The van der Waals surface area contributed by atoms with E-state index in [0.29, 0.717) is 11.7 Å². The first-order valence-electron chi connectivity index (χ1n) is 11.8. The lowest BCUT2D eigenvalue weighted by molar-refractivity contribution is -0.720. The number of aryl methyl sites for hydroxylation is 1. The molecule has 2 aromatic carbocycles. The fourth-order valence-corrected chi connectivity index (χ4v) is 4.48. The van der Waals surface area contributed by atoms with Gasteiger partial charge in [-0.15, -0.1) is 0 Å². The fourth-order valence-electron chi connectivity index (χ4n) is 4.48. The highest BCUT2D eigenvalue weighted by atomic mass is 15.1. The van der Waals surface area contributed by atoms with Gasteiger partial charge in [0.25, 0.3) is 5.82 Å². The second-order valence-electron chi connectivity index (χ2n) is 9.71. The van der Waals surface area contributed by atoms with Crippen molar-refractivity contribution in [2.24, 2.45) is 26.4 Å². The Balaban J connectivity index is 1.95. The van der Waals surface area contributed by atoms with E-state index >= 15 is 0 Å². The summed E-state index contributed by atoms with van der Waals surface area (Å²) in [6.45, 7) is 8.68. The maximum absolute atomic E-state index is 5.95. The second-order valence-corrected chi connectivity index (χ2v) is 9.71. The van der Waals surface area contributed by atoms with Crippen LogP contribution in [0.5, 0.6) is 0 Å². The van der Waals surface area contributed by atoms with Crippen LogP contribution in [0.25, 0.3) is 28.0 Å². The van der Waals surface area contributed by atoms with Gasteiger partial charge in [-0.3, -0.25) is 4.99 Å². The topological polar surface area (TPSA) is 109 Å². The van der Waals surface area contributed by atoms with Crippen LogP contribution >= 0.6 is 0 Å². The van der Waals surface area contributed by atoms with Crippen molar-refractivity contribution in [1.29, 1.82) is 0 Å². The van der Waals surface area contributed by atoms with Gasteiger partial charge in [-0.25, -0.2) is 19.5 Å². The van der Waals surface area contributed by atoms with Crippen LogP contribution in [-0.4, -0.2) is 30.4 Å². The minimum Gasteiger partial charge on any atom is -0.390 e. The van der Waals surface area contributed by atoms with Crippen LogP contribution in [0.3, 0.4) is 0 Å². The number of aromatic amines is 1. The maximum Gasteiger partial charge on any atom is 0.288 e. The first kappa shape index (κ1) is 24.1. The van der Waals surface area contributed by atoms with Gasteiger partial charge in [0.1, 0.15) is 11.4 Å². The lowest BCUT2D eigenvalue weighted by atomic mass is 10.0. The van der Waals surface area contributed by atoms with E-state index in [-0.39, 0.29) is 5.54 Å². The lowest BCUT2D eigenvalue weighted by Gasteiger charge is -2.19. The average Bonchev–Trinajstić information content (AvgIpc) is 3.19. The first-order valence-corrected chi connectivity index (χ1v) is 11.8. The Morgan fingerprint density at radius 3 is 2.60 bits per heavy atom. The SMILES string of the molecule is CN=C(N=CN)c1cc(C)ccc1-c1[nH]c2cc(C3=C/CCC=C(N)/N=C\3)ccc2[n+]1C(C)(C)C. The number of hydrogen-bond acceptors (Lipinski definition) is 3. The number of rotatable bonds is 3. The Labute approximate surface area is 206 Å². The van der Waals surface area contributed by atoms with Crippen LogP contribution < -0.4 is 16.0 Å². The summed E-state index contributed by atoms with van der Waals surface area (Å²) >= 11 is 0. The molecule has 1 aliphatic rings. The van der Waals surface area contributed by atoms with E-state index in [1.54, 1.807) is 7.05 Å². The number of nitrogens with two attached hydrogens (primary N) is 2. The van der Waals surface area contributed by atoms with Crippen LogP contribution in [-0.2, 0) is 5.54 Å². The largest absolute Gasteiger partial charge is 0.390 e. The van der Waals surface area contributed by atoms with Crippen LogP contribution in [0.2, 0.25) is 0 Å². The minimum absolute atomic E-state index is 0.182. The van der Waals surface area contributed by atoms with E-state index in [4.69, 9.17) is 11.5 Å². The van der Waals surface area contributed by atoms with Crippen molar-refractivity contribution in [3.8, 4) is 11.4 Å². The molecule has 5 N–H and O–H groups in total. The molecule has 1 aromatic heterocycles. The minimum atomic E-state index is -0.182. The zero-order valence-corrected chi connectivity index (χ0v) is 21.1. The molecular weight excluding hydrogens is 434 g/mol. The average molecular weight is 469 g/mol. The van der Waals surface area contributed by atoms with Gasteiger partial charge < -0.3 is 11.5 Å². The van der Waals surface area contributed by atoms with Crippen LogP contribution in [0, 0.1) is 6.92 Å². The van der Waals surface area contributed by atoms with Gasteiger partial charge >= 0.3 is 0 Å².